The molecule has 1 atom stereocenters. The average molecular weight is 219 g/mol. The Morgan fingerprint density at radius 1 is 1.44 bits per heavy atom. The second-order valence-corrected chi connectivity index (χ2v) is 4.70. The maximum Gasteiger partial charge on any atom is 0.181 e. The number of hydrogen-bond donors (Lipinski definition) is 0. The minimum Gasteiger partial charge on any atom is -0.292 e. The number of aryl methyl sites for hydroxylation is 2. The van der Waals surface area contributed by atoms with Crippen molar-refractivity contribution in [3.8, 4) is 0 Å². The number of Topliss-reactive ketones (excluding diaryl/α,β-unsaturated/α-hetero) is 1. The molecule has 1 heterocycles. The van der Waals surface area contributed by atoms with Crippen LogP contribution in [0.15, 0.2) is 12.3 Å². The van der Waals surface area contributed by atoms with Crippen LogP contribution in [0.25, 0.3) is 0 Å². The molecule has 0 saturated carbocycles. The first kappa shape index (κ1) is 12.9. The van der Waals surface area contributed by atoms with Gasteiger partial charge in [0.2, 0.25) is 0 Å². The van der Waals surface area contributed by atoms with Gasteiger partial charge in [-0.25, -0.2) is 0 Å². The molecule has 0 aliphatic carbocycles. The van der Waals surface area contributed by atoms with E-state index in [1.807, 2.05) is 19.9 Å². The van der Waals surface area contributed by atoms with Crippen LogP contribution in [-0.2, 0) is 0 Å². The van der Waals surface area contributed by atoms with Crippen LogP contribution in [0, 0.1) is 19.8 Å². The summed E-state index contributed by atoms with van der Waals surface area (Å²) in [4.78, 5) is 16.2. The summed E-state index contributed by atoms with van der Waals surface area (Å²) in [5.74, 6) is 0.637. The highest BCUT2D eigenvalue weighted by Crippen LogP contribution is 2.16. The molecule has 0 bridgehead atoms. The molecule has 0 fully saturated rings. The molecule has 1 unspecified atom stereocenters. The number of rotatable bonds is 5. The van der Waals surface area contributed by atoms with E-state index in [4.69, 9.17) is 0 Å². The van der Waals surface area contributed by atoms with Crippen LogP contribution in [0.5, 0.6) is 0 Å². The lowest BCUT2D eigenvalue weighted by Gasteiger charge is -2.10. The van der Waals surface area contributed by atoms with Crippen LogP contribution >= 0.6 is 0 Å². The van der Waals surface area contributed by atoms with E-state index < -0.39 is 0 Å². The fourth-order valence-electron chi connectivity index (χ4n) is 2.02. The lowest BCUT2D eigenvalue weighted by molar-refractivity contribution is 0.0957. The molecule has 0 aromatic carbocycles. The molecule has 88 valence electrons. The Bertz CT molecular complexity index is 371. The molecular weight excluding hydrogens is 198 g/mol. The summed E-state index contributed by atoms with van der Waals surface area (Å²) in [7, 11) is 0. The number of carbonyl (C=O) groups is 1. The van der Waals surface area contributed by atoms with E-state index in [9.17, 15) is 4.79 Å². The minimum atomic E-state index is 0.179. The Hall–Kier alpha value is -1.18. The van der Waals surface area contributed by atoms with Crippen molar-refractivity contribution in [2.24, 2.45) is 5.92 Å². The zero-order chi connectivity index (χ0) is 12.1. The molecule has 0 saturated heterocycles. The Kier molecular flexibility index (Phi) is 4.66. The third kappa shape index (κ3) is 3.44. The van der Waals surface area contributed by atoms with E-state index in [-0.39, 0.29) is 5.78 Å². The fraction of sp³-hybridized carbons (Fsp3) is 0.571. The van der Waals surface area contributed by atoms with Gasteiger partial charge < -0.3 is 0 Å². The van der Waals surface area contributed by atoms with Crippen LogP contribution in [-0.4, -0.2) is 10.8 Å². The zero-order valence-corrected chi connectivity index (χ0v) is 10.7. The largest absolute Gasteiger partial charge is 0.292 e. The molecule has 2 nitrogen and oxygen atoms in total. The van der Waals surface area contributed by atoms with Gasteiger partial charge in [0.1, 0.15) is 5.69 Å². The monoisotopic (exact) mass is 219 g/mol. The third-order valence-electron chi connectivity index (χ3n) is 2.79. The van der Waals surface area contributed by atoms with E-state index in [1.165, 1.54) is 0 Å². The lowest BCUT2D eigenvalue weighted by atomic mass is 9.96. The van der Waals surface area contributed by atoms with Crippen LogP contribution in [0.1, 0.15) is 54.7 Å². The number of aromatic nitrogens is 1. The predicted molar refractivity (Wildman–Crippen MR) is 66.7 cm³/mol. The molecule has 1 rings (SSSR count). The average Bonchev–Trinajstić information content (AvgIpc) is 2.17. The van der Waals surface area contributed by atoms with Gasteiger partial charge in [-0.15, -0.1) is 0 Å². The molecule has 0 radical (unpaired) electrons. The lowest BCUT2D eigenvalue weighted by Crippen LogP contribution is -2.09. The normalized spacial score (nSPS) is 12.5. The SMILES string of the molecule is CCCC(C)CC(=O)c1ncc(C)cc1C. The van der Waals surface area contributed by atoms with E-state index in [1.54, 1.807) is 6.20 Å². The van der Waals surface area contributed by atoms with Crippen molar-refractivity contribution in [1.82, 2.24) is 4.98 Å². The fourth-order valence-corrected chi connectivity index (χ4v) is 2.02. The Labute approximate surface area is 98.1 Å². The summed E-state index contributed by atoms with van der Waals surface area (Å²) < 4.78 is 0. The van der Waals surface area contributed by atoms with Gasteiger partial charge in [-0.3, -0.25) is 9.78 Å². The third-order valence-corrected chi connectivity index (χ3v) is 2.79. The van der Waals surface area contributed by atoms with Crippen LogP contribution in [0.2, 0.25) is 0 Å². The molecule has 0 aliphatic heterocycles. The van der Waals surface area contributed by atoms with Crippen molar-refractivity contribution < 1.29 is 4.79 Å². The molecule has 0 aliphatic rings. The first-order chi connectivity index (χ1) is 7.54. The van der Waals surface area contributed by atoms with E-state index in [0.717, 1.165) is 24.0 Å². The smallest absolute Gasteiger partial charge is 0.181 e. The number of ketones is 1. The van der Waals surface area contributed by atoms with Crippen LogP contribution in [0.3, 0.4) is 0 Å². The predicted octanol–water partition coefficient (Wildman–Crippen LogP) is 3.71. The number of nitrogens with zero attached hydrogens (tertiary/aromatic N) is 1. The molecule has 0 amide bonds. The second-order valence-electron chi connectivity index (χ2n) is 4.70. The quantitative estimate of drug-likeness (QED) is 0.707. The summed E-state index contributed by atoms with van der Waals surface area (Å²) in [6.07, 6.45) is 4.63. The molecule has 1 aromatic heterocycles. The molecule has 0 N–H and O–H groups in total. The van der Waals surface area contributed by atoms with E-state index >= 15 is 0 Å². The summed E-state index contributed by atoms with van der Waals surface area (Å²) in [5, 5.41) is 0. The van der Waals surface area contributed by atoms with Gasteiger partial charge in [0.05, 0.1) is 0 Å². The summed E-state index contributed by atoms with van der Waals surface area (Å²) in [6.45, 7) is 8.23. The maximum atomic E-state index is 12.0. The molecular formula is C14H21NO. The first-order valence-electron chi connectivity index (χ1n) is 6.01. The maximum absolute atomic E-state index is 12.0. The van der Waals surface area contributed by atoms with E-state index in [0.29, 0.717) is 18.0 Å². The highest BCUT2D eigenvalue weighted by Gasteiger charge is 2.14. The van der Waals surface area contributed by atoms with Gasteiger partial charge in [-0.1, -0.05) is 32.8 Å². The number of carbonyl (C=O) groups excluding carboxylic acids is 1. The van der Waals surface area contributed by atoms with Crippen LogP contribution < -0.4 is 0 Å². The number of pyridine rings is 1. The topological polar surface area (TPSA) is 30.0 Å². The van der Waals surface area contributed by atoms with Gasteiger partial charge in [0, 0.05) is 12.6 Å². The molecule has 0 spiro atoms. The Morgan fingerprint density at radius 2 is 2.12 bits per heavy atom. The van der Waals surface area contributed by atoms with Crippen molar-refractivity contribution in [3.63, 3.8) is 0 Å². The highest BCUT2D eigenvalue weighted by molar-refractivity contribution is 5.95. The summed E-state index contributed by atoms with van der Waals surface area (Å²) in [6, 6.07) is 2.02. The van der Waals surface area contributed by atoms with Gasteiger partial charge in [-0.05, 0) is 30.9 Å². The minimum absolute atomic E-state index is 0.179. The van der Waals surface area contributed by atoms with Crippen molar-refractivity contribution in [2.45, 2.75) is 47.0 Å². The summed E-state index contributed by atoms with van der Waals surface area (Å²) >= 11 is 0. The van der Waals surface area contributed by atoms with Gasteiger partial charge >= 0.3 is 0 Å². The summed E-state index contributed by atoms with van der Waals surface area (Å²) in [5.41, 5.74) is 2.75. The first-order valence-corrected chi connectivity index (χ1v) is 6.01. The molecule has 16 heavy (non-hydrogen) atoms. The van der Waals surface area contributed by atoms with Crippen molar-refractivity contribution in [2.75, 3.05) is 0 Å². The van der Waals surface area contributed by atoms with E-state index in [2.05, 4.69) is 18.8 Å². The highest BCUT2D eigenvalue weighted by atomic mass is 16.1. The van der Waals surface area contributed by atoms with Gasteiger partial charge in [0.25, 0.3) is 0 Å². The number of hydrogen-bond acceptors (Lipinski definition) is 2. The molecule has 2 heteroatoms. The zero-order valence-electron chi connectivity index (χ0n) is 10.7. The standard InChI is InChI=1S/C14H21NO/c1-5-6-10(2)8-13(16)14-12(4)7-11(3)9-15-14/h7,9-10H,5-6,8H2,1-4H3. The Morgan fingerprint density at radius 3 is 2.69 bits per heavy atom. The van der Waals surface area contributed by atoms with Gasteiger partial charge in [-0.2, -0.15) is 0 Å². The van der Waals surface area contributed by atoms with Crippen molar-refractivity contribution in [3.05, 3.63) is 29.1 Å². The van der Waals surface area contributed by atoms with Crippen molar-refractivity contribution in [1.29, 1.82) is 0 Å². The Balaban J connectivity index is 2.73. The molecule has 1 aromatic rings. The second kappa shape index (κ2) is 5.78. The van der Waals surface area contributed by atoms with Crippen molar-refractivity contribution >= 4 is 5.78 Å². The van der Waals surface area contributed by atoms with Gasteiger partial charge in [0.15, 0.2) is 5.78 Å². The van der Waals surface area contributed by atoms with Crippen LogP contribution in [0.4, 0.5) is 0 Å².